The third-order valence-corrected chi connectivity index (χ3v) is 3.17. The van der Waals surface area contributed by atoms with E-state index in [1.807, 2.05) is 13.0 Å². The maximum atomic E-state index is 12.4. The Kier molecular flexibility index (Phi) is 4.18. The molecule has 0 heterocycles. The summed E-state index contributed by atoms with van der Waals surface area (Å²) in [5, 5.41) is 11.9. The first-order valence-corrected chi connectivity index (χ1v) is 6.31. The Labute approximate surface area is 120 Å². The number of nitrogens with zero attached hydrogens (tertiary/aromatic N) is 1. The quantitative estimate of drug-likeness (QED) is 0.903. The third-order valence-electron chi connectivity index (χ3n) is 3.17. The van der Waals surface area contributed by atoms with E-state index in [1.165, 1.54) is 12.1 Å². The monoisotopic (exact) mass is 290 g/mol. The molecule has 0 fully saturated rings. The van der Waals surface area contributed by atoms with Crippen LogP contribution in [0.25, 0.3) is 0 Å². The summed E-state index contributed by atoms with van der Waals surface area (Å²) in [4.78, 5) is 0. The third kappa shape index (κ3) is 3.76. The van der Waals surface area contributed by atoms with E-state index in [4.69, 9.17) is 5.26 Å². The number of anilines is 1. The molecule has 0 atom stereocenters. The molecular formula is C16H13F3N2. The molecule has 0 aliphatic heterocycles. The summed E-state index contributed by atoms with van der Waals surface area (Å²) in [5.41, 5.74) is 2.50. The van der Waals surface area contributed by atoms with Crippen molar-refractivity contribution < 1.29 is 13.2 Å². The highest BCUT2D eigenvalue weighted by Gasteiger charge is 2.29. The van der Waals surface area contributed by atoms with Crippen LogP contribution in [0, 0.1) is 18.3 Å². The molecule has 0 unspecified atom stereocenters. The van der Waals surface area contributed by atoms with Gasteiger partial charge in [0.25, 0.3) is 0 Å². The normalized spacial score (nSPS) is 11.0. The zero-order valence-electron chi connectivity index (χ0n) is 11.3. The van der Waals surface area contributed by atoms with Gasteiger partial charge in [-0.2, -0.15) is 18.4 Å². The van der Waals surface area contributed by atoms with Crippen molar-refractivity contribution in [1.82, 2.24) is 0 Å². The molecule has 0 aliphatic rings. The van der Waals surface area contributed by atoms with Gasteiger partial charge in [-0.05, 0) is 54.4 Å². The maximum Gasteiger partial charge on any atom is 0.416 e. The minimum absolute atomic E-state index is 0.489. The van der Waals surface area contributed by atoms with E-state index < -0.39 is 11.7 Å². The average molecular weight is 290 g/mol. The summed E-state index contributed by atoms with van der Waals surface area (Å²) in [6.07, 6.45) is -4.32. The van der Waals surface area contributed by atoms with E-state index in [0.717, 1.165) is 23.3 Å². The zero-order valence-corrected chi connectivity index (χ0v) is 11.3. The summed E-state index contributed by atoms with van der Waals surface area (Å²) < 4.78 is 37.3. The molecule has 0 spiro atoms. The predicted molar refractivity (Wildman–Crippen MR) is 74.7 cm³/mol. The lowest BCUT2D eigenvalue weighted by atomic mass is 10.1. The molecule has 2 aromatic carbocycles. The molecule has 0 amide bonds. The molecule has 0 aliphatic carbocycles. The van der Waals surface area contributed by atoms with E-state index in [1.54, 1.807) is 12.1 Å². The Bertz CT molecular complexity index is 667. The molecule has 0 bridgehead atoms. The van der Waals surface area contributed by atoms with Crippen molar-refractivity contribution in [2.24, 2.45) is 0 Å². The topological polar surface area (TPSA) is 35.8 Å². The smallest absolute Gasteiger partial charge is 0.381 e. The van der Waals surface area contributed by atoms with E-state index in [2.05, 4.69) is 11.4 Å². The highest BCUT2D eigenvalue weighted by atomic mass is 19.4. The Morgan fingerprint density at radius 3 is 2.29 bits per heavy atom. The number of rotatable bonds is 3. The van der Waals surface area contributed by atoms with Crippen LogP contribution in [0.1, 0.15) is 22.3 Å². The molecule has 0 aromatic heterocycles. The second-order valence-corrected chi connectivity index (χ2v) is 4.68. The fraction of sp³-hybridized carbons (Fsp3) is 0.188. The molecule has 21 heavy (non-hydrogen) atoms. The van der Waals surface area contributed by atoms with Gasteiger partial charge in [-0.25, -0.2) is 0 Å². The van der Waals surface area contributed by atoms with Crippen molar-refractivity contribution in [1.29, 1.82) is 5.26 Å². The first-order valence-electron chi connectivity index (χ1n) is 6.31. The van der Waals surface area contributed by atoms with Crippen LogP contribution in [0.5, 0.6) is 0 Å². The average Bonchev–Trinajstić information content (AvgIpc) is 2.45. The fourth-order valence-electron chi connectivity index (χ4n) is 1.94. The Balaban J connectivity index is 2.05. The molecule has 2 rings (SSSR count). The zero-order chi connectivity index (χ0) is 15.5. The molecule has 5 heteroatoms. The number of alkyl halides is 3. The van der Waals surface area contributed by atoms with Gasteiger partial charge < -0.3 is 5.32 Å². The van der Waals surface area contributed by atoms with Crippen LogP contribution in [0.3, 0.4) is 0 Å². The summed E-state index contributed by atoms with van der Waals surface area (Å²) in [6, 6.07) is 12.3. The summed E-state index contributed by atoms with van der Waals surface area (Å²) >= 11 is 0. The van der Waals surface area contributed by atoms with Crippen LogP contribution in [0.15, 0.2) is 42.5 Å². The Morgan fingerprint density at radius 1 is 1.10 bits per heavy atom. The molecule has 0 radical (unpaired) electrons. The van der Waals surface area contributed by atoms with Crippen LogP contribution in [-0.4, -0.2) is 0 Å². The number of halogens is 3. The van der Waals surface area contributed by atoms with Gasteiger partial charge in [-0.1, -0.05) is 6.07 Å². The predicted octanol–water partition coefficient (Wildman–Crippen LogP) is 4.50. The van der Waals surface area contributed by atoms with Crippen LogP contribution in [0.2, 0.25) is 0 Å². The molecule has 0 saturated heterocycles. The van der Waals surface area contributed by atoms with Gasteiger partial charge >= 0.3 is 6.18 Å². The SMILES string of the molecule is Cc1cc(C#N)ccc1CNc1ccc(C(F)(F)F)cc1. The van der Waals surface area contributed by atoms with E-state index in [0.29, 0.717) is 17.8 Å². The van der Waals surface area contributed by atoms with Crippen molar-refractivity contribution in [2.75, 3.05) is 5.32 Å². The van der Waals surface area contributed by atoms with Crippen molar-refractivity contribution in [3.63, 3.8) is 0 Å². The Hall–Kier alpha value is -2.48. The second-order valence-electron chi connectivity index (χ2n) is 4.68. The standard InChI is InChI=1S/C16H13F3N2/c1-11-8-12(9-20)2-3-13(11)10-21-15-6-4-14(5-7-15)16(17,18)19/h2-8,21H,10H2,1H3. The van der Waals surface area contributed by atoms with E-state index >= 15 is 0 Å². The number of nitrogens with one attached hydrogen (secondary N) is 1. The summed E-state index contributed by atoms with van der Waals surface area (Å²) in [5.74, 6) is 0. The number of hydrogen-bond acceptors (Lipinski definition) is 2. The highest BCUT2D eigenvalue weighted by Crippen LogP contribution is 2.29. The van der Waals surface area contributed by atoms with Crippen molar-refractivity contribution in [3.05, 3.63) is 64.7 Å². The van der Waals surface area contributed by atoms with Crippen LogP contribution in [-0.2, 0) is 12.7 Å². The van der Waals surface area contributed by atoms with Gasteiger partial charge in [-0.3, -0.25) is 0 Å². The van der Waals surface area contributed by atoms with Crippen LogP contribution >= 0.6 is 0 Å². The van der Waals surface area contributed by atoms with E-state index in [-0.39, 0.29) is 0 Å². The Morgan fingerprint density at radius 2 is 1.76 bits per heavy atom. The van der Waals surface area contributed by atoms with Gasteiger partial charge in [0.15, 0.2) is 0 Å². The molecule has 2 aromatic rings. The van der Waals surface area contributed by atoms with Crippen molar-refractivity contribution >= 4 is 5.69 Å². The summed E-state index contributed by atoms with van der Waals surface area (Å²) in [6.45, 7) is 2.38. The number of nitriles is 1. The second kappa shape index (κ2) is 5.88. The van der Waals surface area contributed by atoms with Crippen molar-refractivity contribution in [2.45, 2.75) is 19.6 Å². The first-order chi connectivity index (χ1) is 9.90. The number of aryl methyl sites for hydroxylation is 1. The fourth-order valence-corrected chi connectivity index (χ4v) is 1.94. The van der Waals surface area contributed by atoms with Crippen molar-refractivity contribution in [3.8, 4) is 6.07 Å². The summed E-state index contributed by atoms with van der Waals surface area (Å²) in [7, 11) is 0. The molecule has 1 N–H and O–H groups in total. The van der Waals surface area contributed by atoms with Gasteiger partial charge in [0, 0.05) is 12.2 Å². The lowest BCUT2D eigenvalue weighted by molar-refractivity contribution is -0.137. The lowest BCUT2D eigenvalue weighted by Crippen LogP contribution is -2.05. The molecule has 0 saturated carbocycles. The highest BCUT2D eigenvalue weighted by molar-refractivity contribution is 5.47. The van der Waals surface area contributed by atoms with Gasteiger partial charge in [-0.15, -0.1) is 0 Å². The van der Waals surface area contributed by atoms with Gasteiger partial charge in [0.1, 0.15) is 0 Å². The molecular weight excluding hydrogens is 277 g/mol. The molecule has 2 nitrogen and oxygen atoms in total. The number of hydrogen-bond donors (Lipinski definition) is 1. The van der Waals surface area contributed by atoms with Gasteiger partial charge in [0.05, 0.1) is 17.2 Å². The maximum absolute atomic E-state index is 12.4. The van der Waals surface area contributed by atoms with Crippen LogP contribution in [0.4, 0.5) is 18.9 Å². The first kappa shape index (κ1) is 14.9. The largest absolute Gasteiger partial charge is 0.416 e. The van der Waals surface area contributed by atoms with Crippen LogP contribution < -0.4 is 5.32 Å². The molecule has 108 valence electrons. The van der Waals surface area contributed by atoms with Gasteiger partial charge in [0.2, 0.25) is 0 Å². The lowest BCUT2D eigenvalue weighted by Gasteiger charge is -2.11. The minimum atomic E-state index is -4.32. The van der Waals surface area contributed by atoms with E-state index in [9.17, 15) is 13.2 Å². The number of benzene rings is 2. The minimum Gasteiger partial charge on any atom is -0.381 e.